The van der Waals surface area contributed by atoms with Crippen LogP contribution in [-0.2, 0) is 22.7 Å². The van der Waals surface area contributed by atoms with Crippen molar-refractivity contribution in [2.24, 2.45) is 5.92 Å². The Balaban J connectivity index is 1.45. The zero-order chi connectivity index (χ0) is 19.1. The molecule has 6 heteroatoms. The van der Waals surface area contributed by atoms with Gasteiger partial charge in [-0.25, -0.2) is 0 Å². The second-order valence-electron chi connectivity index (χ2n) is 6.82. The minimum Gasteiger partial charge on any atom is -0.489 e. The van der Waals surface area contributed by atoms with Crippen LogP contribution in [-0.4, -0.2) is 34.8 Å². The van der Waals surface area contributed by atoms with E-state index in [1.807, 2.05) is 36.4 Å². The van der Waals surface area contributed by atoms with Gasteiger partial charge >= 0.3 is 0 Å². The second-order valence-corrected chi connectivity index (χ2v) is 6.82. The number of hydrogen-bond donors (Lipinski definition) is 1. The zero-order valence-electron chi connectivity index (χ0n) is 15.6. The van der Waals surface area contributed by atoms with Crippen LogP contribution in [0, 0.1) is 5.92 Å². The summed E-state index contributed by atoms with van der Waals surface area (Å²) in [6.07, 6.45) is 5.22. The lowest BCUT2D eigenvalue weighted by molar-refractivity contribution is -0.134. The molecule has 2 heterocycles. The first-order chi connectivity index (χ1) is 13.1. The molecule has 1 atom stereocenters. The van der Waals surface area contributed by atoms with Crippen LogP contribution in [0.2, 0.25) is 0 Å². The molecule has 1 aliphatic rings. The van der Waals surface area contributed by atoms with Crippen molar-refractivity contribution in [3.8, 4) is 5.75 Å². The Bertz CT molecular complexity index is 762. The highest BCUT2D eigenvalue weighted by Gasteiger charge is 2.26. The van der Waals surface area contributed by atoms with Gasteiger partial charge in [-0.3, -0.25) is 14.6 Å². The van der Waals surface area contributed by atoms with E-state index in [0.29, 0.717) is 19.7 Å². The Labute approximate surface area is 159 Å². The first-order valence-corrected chi connectivity index (χ1v) is 9.25. The molecule has 3 rings (SSSR count). The fourth-order valence-electron chi connectivity index (χ4n) is 3.16. The maximum Gasteiger partial charge on any atom is 0.225 e. The van der Waals surface area contributed by atoms with E-state index in [4.69, 9.17) is 4.74 Å². The Kier molecular flexibility index (Phi) is 6.41. The van der Waals surface area contributed by atoms with E-state index in [-0.39, 0.29) is 17.7 Å². The molecule has 142 valence electrons. The molecule has 0 saturated carbocycles. The maximum atomic E-state index is 12.4. The molecular formula is C21H25N3O3. The Morgan fingerprint density at radius 2 is 2.04 bits per heavy atom. The topological polar surface area (TPSA) is 71.5 Å². The standard InChI is InChI=1S/C21H25N3O3/c1-16(25)24-11-3-5-19(14-24)21(26)23-13-17-6-8-20(9-7-17)27-15-18-4-2-10-22-12-18/h2,4,6-10,12,19H,3,5,11,13-15H2,1H3,(H,23,26)/t19-/m1/s1. The summed E-state index contributed by atoms with van der Waals surface area (Å²) in [6, 6.07) is 11.5. The van der Waals surface area contributed by atoms with Crippen molar-refractivity contribution in [1.29, 1.82) is 0 Å². The summed E-state index contributed by atoms with van der Waals surface area (Å²) in [5.74, 6) is 0.704. The molecule has 1 N–H and O–H groups in total. The molecule has 1 aromatic carbocycles. The molecule has 0 spiro atoms. The second kappa shape index (κ2) is 9.16. The van der Waals surface area contributed by atoms with E-state index in [0.717, 1.165) is 36.3 Å². The van der Waals surface area contributed by atoms with Gasteiger partial charge in [0.05, 0.1) is 5.92 Å². The largest absolute Gasteiger partial charge is 0.489 e. The fourth-order valence-corrected chi connectivity index (χ4v) is 3.16. The number of pyridine rings is 1. The van der Waals surface area contributed by atoms with Gasteiger partial charge in [0.15, 0.2) is 0 Å². The third-order valence-electron chi connectivity index (χ3n) is 4.76. The lowest BCUT2D eigenvalue weighted by atomic mass is 9.97. The molecule has 6 nitrogen and oxygen atoms in total. The summed E-state index contributed by atoms with van der Waals surface area (Å²) in [7, 11) is 0. The summed E-state index contributed by atoms with van der Waals surface area (Å²) in [4.78, 5) is 29.7. The molecule has 2 amide bonds. The lowest BCUT2D eigenvalue weighted by Crippen LogP contribution is -2.44. The molecule has 2 aromatic rings. The molecule has 1 aliphatic heterocycles. The van der Waals surface area contributed by atoms with Crippen molar-refractivity contribution in [3.05, 3.63) is 59.9 Å². The van der Waals surface area contributed by atoms with Crippen molar-refractivity contribution in [1.82, 2.24) is 15.2 Å². The molecule has 1 saturated heterocycles. The van der Waals surface area contributed by atoms with Crippen LogP contribution >= 0.6 is 0 Å². The predicted octanol–water partition coefficient (Wildman–Crippen LogP) is 2.54. The monoisotopic (exact) mass is 367 g/mol. The normalized spacial score (nSPS) is 16.6. The minimum atomic E-state index is -0.121. The Morgan fingerprint density at radius 1 is 1.22 bits per heavy atom. The number of carbonyl (C=O) groups is 2. The number of ether oxygens (including phenoxy) is 1. The lowest BCUT2D eigenvalue weighted by Gasteiger charge is -2.31. The Morgan fingerprint density at radius 3 is 2.74 bits per heavy atom. The van der Waals surface area contributed by atoms with Crippen LogP contribution in [0.4, 0.5) is 0 Å². The molecule has 1 aromatic heterocycles. The molecule has 0 radical (unpaired) electrons. The predicted molar refractivity (Wildman–Crippen MR) is 102 cm³/mol. The van der Waals surface area contributed by atoms with E-state index in [9.17, 15) is 9.59 Å². The first kappa shape index (κ1) is 18.9. The van der Waals surface area contributed by atoms with Crippen LogP contribution in [0.1, 0.15) is 30.9 Å². The van der Waals surface area contributed by atoms with E-state index >= 15 is 0 Å². The molecule has 0 bridgehead atoms. The molecule has 0 unspecified atom stereocenters. The van der Waals surface area contributed by atoms with Gasteiger partial charge in [-0.15, -0.1) is 0 Å². The minimum absolute atomic E-state index is 0.0119. The van der Waals surface area contributed by atoms with E-state index in [1.54, 1.807) is 24.2 Å². The van der Waals surface area contributed by atoms with Gasteiger partial charge in [0.2, 0.25) is 11.8 Å². The van der Waals surface area contributed by atoms with Gasteiger partial charge in [0.1, 0.15) is 12.4 Å². The third kappa shape index (κ3) is 5.54. The zero-order valence-corrected chi connectivity index (χ0v) is 15.6. The van der Waals surface area contributed by atoms with Gasteiger partial charge < -0.3 is 15.0 Å². The maximum absolute atomic E-state index is 12.4. The van der Waals surface area contributed by atoms with Crippen LogP contribution in [0.15, 0.2) is 48.8 Å². The van der Waals surface area contributed by atoms with Crippen LogP contribution in [0.3, 0.4) is 0 Å². The first-order valence-electron chi connectivity index (χ1n) is 9.25. The highest BCUT2D eigenvalue weighted by Crippen LogP contribution is 2.18. The molecule has 0 aliphatic carbocycles. The highest BCUT2D eigenvalue weighted by molar-refractivity contribution is 5.80. The summed E-state index contributed by atoms with van der Waals surface area (Å²) >= 11 is 0. The number of rotatable bonds is 6. The van der Waals surface area contributed by atoms with Gasteiger partial charge in [-0.2, -0.15) is 0 Å². The average Bonchev–Trinajstić information content (AvgIpc) is 2.72. The number of carbonyl (C=O) groups excluding carboxylic acids is 2. The van der Waals surface area contributed by atoms with E-state index < -0.39 is 0 Å². The third-order valence-corrected chi connectivity index (χ3v) is 4.76. The summed E-state index contributed by atoms with van der Waals surface area (Å²) < 4.78 is 5.74. The average molecular weight is 367 g/mol. The number of aromatic nitrogens is 1. The highest BCUT2D eigenvalue weighted by atomic mass is 16.5. The molecule has 1 fully saturated rings. The number of likely N-dealkylation sites (tertiary alicyclic amines) is 1. The number of benzene rings is 1. The van der Waals surface area contributed by atoms with Gasteiger partial charge in [-0.05, 0) is 36.6 Å². The number of nitrogens with one attached hydrogen (secondary N) is 1. The molecular weight excluding hydrogens is 342 g/mol. The number of nitrogens with zero attached hydrogens (tertiary/aromatic N) is 2. The summed E-state index contributed by atoms with van der Waals surface area (Å²) in [5, 5.41) is 2.98. The van der Waals surface area contributed by atoms with Crippen LogP contribution in [0.25, 0.3) is 0 Å². The van der Waals surface area contributed by atoms with Crippen molar-refractivity contribution in [2.75, 3.05) is 13.1 Å². The van der Waals surface area contributed by atoms with Gasteiger partial charge in [0, 0.05) is 44.5 Å². The smallest absolute Gasteiger partial charge is 0.225 e. The quantitative estimate of drug-likeness (QED) is 0.852. The van der Waals surface area contributed by atoms with E-state index in [1.165, 1.54) is 0 Å². The van der Waals surface area contributed by atoms with Gasteiger partial charge in [-0.1, -0.05) is 18.2 Å². The molecule has 27 heavy (non-hydrogen) atoms. The number of hydrogen-bond acceptors (Lipinski definition) is 4. The van der Waals surface area contributed by atoms with Crippen molar-refractivity contribution >= 4 is 11.8 Å². The summed E-state index contributed by atoms with van der Waals surface area (Å²) in [5.41, 5.74) is 2.03. The fraction of sp³-hybridized carbons (Fsp3) is 0.381. The van der Waals surface area contributed by atoms with E-state index in [2.05, 4.69) is 10.3 Å². The number of amides is 2. The Hall–Kier alpha value is -2.89. The van der Waals surface area contributed by atoms with Crippen LogP contribution in [0.5, 0.6) is 5.75 Å². The number of piperidine rings is 1. The SMILES string of the molecule is CC(=O)N1CCC[C@@H](C(=O)NCc2ccc(OCc3cccnc3)cc2)C1. The summed E-state index contributed by atoms with van der Waals surface area (Å²) in [6.45, 7) is 3.76. The van der Waals surface area contributed by atoms with Crippen LogP contribution < -0.4 is 10.1 Å². The van der Waals surface area contributed by atoms with Crippen molar-refractivity contribution in [2.45, 2.75) is 32.9 Å². The van der Waals surface area contributed by atoms with Crippen molar-refractivity contribution in [3.63, 3.8) is 0 Å². The van der Waals surface area contributed by atoms with Crippen molar-refractivity contribution < 1.29 is 14.3 Å². The van der Waals surface area contributed by atoms with Gasteiger partial charge in [0.25, 0.3) is 0 Å².